The van der Waals surface area contributed by atoms with Crippen LogP contribution in [0, 0.1) is 29.8 Å². The number of nitro groups is 1. The molecule has 146 valence electrons. The maximum Gasteiger partial charge on any atom is 0.389 e. The highest BCUT2D eigenvalue weighted by molar-refractivity contribution is 5.91. The van der Waals surface area contributed by atoms with Gasteiger partial charge in [-0.15, -0.1) is 0 Å². The Kier molecular flexibility index (Phi) is 5.48. The van der Waals surface area contributed by atoms with Gasteiger partial charge in [0.15, 0.2) is 0 Å². The molecular weight excluding hydrogens is 367 g/mol. The van der Waals surface area contributed by atoms with Crippen LogP contribution in [0.15, 0.2) is 36.5 Å². The molecule has 3 rings (SSSR count). The van der Waals surface area contributed by atoms with Gasteiger partial charge in [-0.1, -0.05) is 12.1 Å². The second kappa shape index (κ2) is 7.99. The molecule has 0 spiro atoms. The molecule has 0 radical (unpaired) electrons. The van der Waals surface area contributed by atoms with Crippen molar-refractivity contribution in [3.8, 4) is 0 Å². The van der Waals surface area contributed by atoms with Crippen molar-refractivity contribution in [1.29, 1.82) is 0 Å². The highest BCUT2D eigenvalue weighted by Crippen LogP contribution is 2.21. The van der Waals surface area contributed by atoms with Crippen molar-refractivity contribution in [2.24, 2.45) is 0 Å². The Morgan fingerprint density at radius 1 is 1.21 bits per heavy atom. The molecule has 0 aliphatic rings. The normalized spacial score (nSPS) is 10.8. The number of halogens is 1. The first-order chi connectivity index (χ1) is 13.3. The summed E-state index contributed by atoms with van der Waals surface area (Å²) in [5, 5.41) is 21.7. The number of hydrogen-bond donors (Lipinski definition) is 1. The van der Waals surface area contributed by atoms with E-state index in [1.54, 1.807) is 23.7 Å². The fourth-order valence-corrected chi connectivity index (χ4v) is 2.79. The lowest BCUT2D eigenvalue weighted by Gasteiger charge is -2.07. The van der Waals surface area contributed by atoms with Crippen LogP contribution in [-0.2, 0) is 17.9 Å². The second-order valence-corrected chi connectivity index (χ2v) is 6.32. The first-order valence-corrected chi connectivity index (χ1v) is 8.59. The van der Waals surface area contributed by atoms with Gasteiger partial charge in [0, 0.05) is 6.42 Å². The Hall–Kier alpha value is -3.56. The van der Waals surface area contributed by atoms with E-state index in [1.807, 2.05) is 6.92 Å². The fourth-order valence-electron chi connectivity index (χ4n) is 2.79. The number of amides is 1. The predicted molar refractivity (Wildman–Crippen MR) is 99.3 cm³/mol. The lowest BCUT2D eigenvalue weighted by atomic mass is 10.2. The molecule has 1 amide bonds. The van der Waals surface area contributed by atoms with Crippen molar-refractivity contribution in [3.05, 3.63) is 69.4 Å². The van der Waals surface area contributed by atoms with Gasteiger partial charge < -0.3 is 15.4 Å². The number of carbonyl (C=O) groups excluding carboxylic acids is 1. The molecule has 0 atom stereocenters. The highest BCUT2D eigenvalue weighted by Gasteiger charge is 2.16. The third-order valence-electron chi connectivity index (χ3n) is 4.27. The van der Waals surface area contributed by atoms with E-state index >= 15 is 0 Å². The molecule has 0 fully saturated rings. The summed E-state index contributed by atoms with van der Waals surface area (Å²) >= 11 is 0. The topological polar surface area (TPSA) is 108 Å². The van der Waals surface area contributed by atoms with Crippen LogP contribution < -0.4 is 5.32 Å². The van der Waals surface area contributed by atoms with Gasteiger partial charge in [0.05, 0.1) is 47.5 Å². The van der Waals surface area contributed by atoms with Gasteiger partial charge >= 0.3 is 5.82 Å². The van der Waals surface area contributed by atoms with Crippen LogP contribution in [0.5, 0.6) is 0 Å². The molecule has 1 N–H and O–H groups in total. The van der Waals surface area contributed by atoms with E-state index in [-0.39, 0.29) is 30.5 Å². The highest BCUT2D eigenvalue weighted by atomic mass is 19.1. The number of aryl methyl sites for hydroxylation is 2. The molecule has 9 nitrogen and oxygen atoms in total. The summed E-state index contributed by atoms with van der Waals surface area (Å²) in [5.41, 5.74) is 2.97. The lowest BCUT2D eigenvalue weighted by molar-refractivity contribution is -0.389. The minimum Gasteiger partial charge on any atom is -0.358 e. The standard InChI is InChI=1S/C18H19FN6O3/c1-12-18(13(2)24(21-12)11-14-3-5-15(19)6-4-14)20-17(26)8-10-23-9-7-16(22-23)25(27)28/h3-7,9H,8,10-11H2,1-2H3,(H,20,26). The van der Waals surface area contributed by atoms with Gasteiger partial charge in [0.1, 0.15) is 5.82 Å². The summed E-state index contributed by atoms with van der Waals surface area (Å²) in [6.07, 6.45) is 1.57. The molecule has 1 aromatic carbocycles. The number of rotatable bonds is 7. The molecular formula is C18H19FN6O3. The number of nitrogens with one attached hydrogen (secondary N) is 1. The smallest absolute Gasteiger partial charge is 0.358 e. The molecule has 28 heavy (non-hydrogen) atoms. The maximum absolute atomic E-state index is 13.0. The van der Waals surface area contributed by atoms with E-state index in [0.29, 0.717) is 17.9 Å². The van der Waals surface area contributed by atoms with Crippen molar-refractivity contribution in [2.45, 2.75) is 33.4 Å². The summed E-state index contributed by atoms with van der Waals surface area (Å²) in [7, 11) is 0. The number of aromatic nitrogens is 4. The van der Waals surface area contributed by atoms with Crippen molar-refractivity contribution in [3.63, 3.8) is 0 Å². The molecule has 0 unspecified atom stereocenters. The van der Waals surface area contributed by atoms with E-state index in [9.17, 15) is 19.3 Å². The summed E-state index contributed by atoms with van der Waals surface area (Å²) in [4.78, 5) is 22.3. The molecule has 0 aliphatic carbocycles. The first kappa shape index (κ1) is 19.2. The Morgan fingerprint density at radius 3 is 2.57 bits per heavy atom. The van der Waals surface area contributed by atoms with Crippen molar-refractivity contribution in [2.75, 3.05) is 5.32 Å². The Labute approximate surface area is 159 Å². The molecule has 0 saturated heterocycles. The van der Waals surface area contributed by atoms with Gasteiger partial charge in [-0.25, -0.2) is 4.39 Å². The molecule has 0 aliphatic heterocycles. The summed E-state index contributed by atoms with van der Waals surface area (Å²) < 4.78 is 16.1. The average Bonchev–Trinajstić information content (AvgIpc) is 3.23. The molecule has 10 heteroatoms. The minimum absolute atomic E-state index is 0.112. The van der Waals surface area contributed by atoms with Crippen molar-refractivity contribution in [1.82, 2.24) is 19.6 Å². The Morgan fingerprint density at radius 2 is 1.93 bits per heavy atom. The molecule has 0 saturated carbocycles. The minimum atomic E-state index is -0.585. The van der Waals surface area contributed by atoms with Crippen LogP contribution in [0.4, 0.5) is 15.9 Å². The third-order valence-corrected chi connectivity index (χ3v) is 4.27. The Bertz CT molecular complexity index is 1010. The van der Waals surface area contributed by atoms with E-state index in [4.69, 9.17) is 0 Å². The number of carbonyl (C=O) groups is 1. The van der Waals surface area contributed by atoms with Crippen LogP contribution >= 0.6 is 0 Å². The van der Waals surface area contributed by atoms with Gasteiger partial charge in [-0.2, -0.15) is 9.78 Å². The number of hydrogen-bond acceptors (Lipinski definition) is 5. The zero-order chi connectivity index (χ0) is 20.3. The molecule has 2 aromatic heterocycles. The zero-order valence-electron chi connectivity index (χ0n) is 15.4. The lowest BCUT2D eigenvalue weighted by Crippen LogP contribution is -2.16. The number of nitrogens with zero attached hydrogens (tertiary/aromatic N) is 5. The van der Waals surface area contributed by atoms with E-state index in [2.05, 4.69) is 15.5 Å². The summed E-state index contributed by atoms with van der Waals surface area (Å²) in [6.45, 7) is 4.32. The third kappa shape index (κ3) is 4.40. The molecule has 2 heterocycles. The van der Waals surface area contributed by atoms with E-state index in [0.717, 1.165) is 11.3 Å². The van der Waals surface area contributed by atoms with Gasteiger partial charge in [0.25, 0.3) is 0 Å². The van der Waals surface area contributed by atoms with Gasteiger partial charge in [-0.3, -0.25) is 9.48 Å². The largest absolute Gasteiger partial charge is 0.389 e. The van der Waals surface area contributed by atoms with Crippen LogP contribution in [-0.4, -0.2) is 30.4 Å². The van der Waals surface area contributed by atoms with Crippen LogP contribution in [0.25, 0.3) is 0 Å². The second-order valence-electron chi connectivity index (χ2n) is 6.32. The van der Waals surface area contributed by atoms with Crippen LogP contribution in [0.2, 0.25) is 0 Å². The molecule has 3 aromatic rings. The maximum atomic E-state index is 13.0. The van der Waals surface area contributed by atoms with Gasteiger partial charge in [0.2, 0.25) is 5.91 Å². The number of anilines is 1. The summed E-state index contributed by atoms with van der Waals surface area (Å²) in [5.74, 6) is -0.799. The van der Waals surface area contributed by atoms with Crippen LogP contribution in [0.3, 0.4) is 0 Å². The van der Waals surface area contributed by atoms with E-state index < -0.39 is 4.92 Å². The average molecular weight is 386 g/mol. The fraction of sp³-hybridized carbons (Fsp3) is 0.278. The quantitative estimate of drug-likeness (QED) is 0.496. The first-order valence-electron chi connectivity index (χ1n) is 8.59. The Balaban J connectivity index is 1.63. The van der Waals surface area contributed by atoms with Crippen molar-refractivity contribution < 1.29 is 14.1 Å². The zero-order valence-corrected chi connectivity index (χ0v) is 15.4. The van der Waals surface area contributed by atoms with Crippen molar-refractivity contribution >= 4 is 17.4 Å². The number of benzene rings is 1. The SMILES string of the molecule is Cc1nn(Cc2ccc(F)cc2)c(C)c1NC(=O)CCn1ccc([N+](=O)[O-])n1. The molecule has 0 bridgehead atoms. The summed E-state index contributed by atoms with van der Waals surface area (Å²) in [6, 6.07) is 7.44. The van der Waals surface area contributed by atoms with Crippen LogP contribution in [0.1, 0.15) is 23.4 Å². The predicted octanol–water partition coefficient (Wildman–Crippen LogP) is 2.82. The van der Waals surface area contributed by atoms with E-state index in [1.165, 1.54) is 29.1 Å². The monoisotopic (exact) mass is 386 g/mol. The van der Waals surface area contributed by atoms with Gasteiger partial charge in [-0.05, 0) is 36.5 Å².